The second-order valence-corrected chi connectivity index (χ2v) is 6.44. The fraction of sp³-hybridized carbons (Fsp3) is 0.846. The monoisotopic (exact) mass is 268 g/mol. The van der Waals surface area contributed by atoms with Crippen LogP contribution in [0.2, 0.25) is 0 Å². The van der Waals surface area contributed by atoms with E-state index in [1.807, 2.05) is 0 Å². The summed E-state index contributed by atoms with van der Waals surface area (Å²) in [5, 5.41) is 2.94. The molecule has 4 nitrogen and oxygen atoms in total. The highest BCUT2D eigenvalue weighted by Crippen LogP contribution is 2.44. The van der Waals surface area contributed by atoms with Gasteiger partial charge in [-0.25, -0.2) is 4.79 Å². The molecule has 1 heterocycles. The molecule has 3 rings (SSSR count). The fourth-order valence-corrected chi connectivity index (χ4v) is 3.93. The van der Waals surface area contributed by atoms with Gasteiger partial charge < -0.3 is 5.32 Å². The Balaban J connectivity index is 1.76. The molecule has 0 bridgehead atoms. The molecule has 0 aromatic carbocycles. The first-order chi connectivity index (χ1) is 8.61. The zero-order valence-electron chi connectivity index (χ0n) is 10.6. The van der Waals surface area contributed by atoms with Crippen LogP contribution in [0.4, 0.5) is 4.79 Å². The van der Waals surface area contributed by atoms with Crippen LogP contribution in [0.25, 0.3) is 0 Å². The average Bonchev–Trinajstić information content (AvgIpc) is 2.85. The van der Waals surface area contributed by atoms with Crippen LogP contribution in [0.5, 0.6) is 0 Å². The number of imide groups is 1. The van der Waals surface area contributed by atoms with Crippen molar-refractivity contribution < 1.29 is 9.59 Å². The van der Waals surface area contributed by atoms with Crippen LogP contribution >= 0.6 is 12.6 Å². The Hall–Kier alpha value is -0.710. The molecular weight excluding hydrogens is 248 g/mol. The molecule has 2 aliphatic carbocycles. The van der Waals surface area contributed by atoms with Gasteiger partial charge in [-0.2, -0.15) is 12.6 Å². The van der Waals surface area contributed by atoms with E-state index in [0.29, 0.717) is 6.54 Å². The lowest BCUT2D eigenvalue weighted by Crippen LogP contribution is -2.48. The SMILES string of the molecule is O=C1NC2(CCCC2)C(=O)N1CC1(CS)CCC1. The van der Waals surface area contributed by atoms with Gasteiger partial charge >= 0.3 is 6.03 Å². The van der Waals surface area contributed by atoms with Gasteiger partial charge in [0.05, 0.1) is 0 Å². The first kappa shape index (κ1) is 12.3. The molecule has 1 aliphatic heterocycles. The summed E-state index contributed by atoms with van der Waals surface area (Å²) >= 11 is 4.40. The number of carbonyl (C=O) groups is 2. The third kappa shape index (κ3) is 1.67. The third-order valence-electron chi connectivity index (χ3n) is 4.95. The predicted molar refractivity (Wildman–Crippen MR) is 71.6 cm³/mol. The Labute approximate surface area is 113 Å². The molecule has 100 valence electrons. The lowest BCUT2D eigenvalue weighted by atomic mass is 9.70. The summed E-state index contributed by atoms with van der Waals surface area (Å²) in [6.07, 6.45) is 7.05. The number of hydrogen-bond donors (Lipinski definition) is 2. The number of rotatable bonds is 3. The topological polar surface area (TPSA) is 49.4 Å². The van der Waals surface area contributed by atoms with E-state index in [9.17, 15) is 9.59 Å². The first-order valence-electron chi connectivity index (χ1n) is 6.86. The van der Waals surface area contributed by atoms with Crippen molar-refractivity contribution in [3.63, 3.8) is 0 Å². The van der Waals surface area contributed by atoms with E-state index in [-0.39, 0.29) is 17.4 Å². The van der Waals surface area contributed by atoms with Crippen molar-refractivity contribution in [2.24, 2.45) is 5.41 Å². The Morgan fingerprint density at radius 3 is 2.28 bits per heavy atom. The summed E-state index contributed by atoms with van der Waals surface area (Å²) in [5.41, 5.74) is -0.473. The van der Waals surface area contributed by atoms with Gasteiger partial charge in [0.2, 0.25) is 0 Å². The largest absolute Gasteiger partial charge is 0.325 e. The van der Waals surface area contributed by atoms with Gasteiger partial charge in [0.25, 0.3) is 5.91 Å². The molecule has 2 saturated carbocycles. The van der Waals surface area contributed by atoms with Gasteiger partial charge in [0.15, 0.2) is 0 Å². The molecule has 3 fully saturated rings. The molecule has 0 radical (unpaired) electrons. The Kier molecular flexibility index (Phi) is 2.84. The van der Waals surface area contributed by atoms with Crippen LogP contribution in [-0.2, 0) is 4.79 Å². The van der Waals surface area contributed by atoms with Crippen molar-refractivity contribution in [1.29, 1.82) is 0 Å². The minimum absolute atomic E-state index is 0.0121. The molecule has 0 unspecified atom stereocenters. The van der Waals surface area contributed by atoms with Gasteiger partial charge in [-0.3, -0.25) is 9.69 Å². The minimum atomic E-state index is -0.557. The van der Waals surface area contributed by atoms with Crippen LogP contribution in [0.1, 0.15) is 44.9 Å². The number of urea groups is 1. The maximum absolute atomic E-state index is 12.5. The number of hydrogen-bond acceptors (Lipinski definition) is 3. The second kappa shape index (κ2) is 4.15. The molecule has 1 saturated heterocycles. The zero-order chi connectivity index (χ0) is 12.8. The van der Waals surface area contributed by atoms with E-state index in [4.69, 9.17) is 0 Å². The van der Waals surface area contributed by atoms with Gasteiger partial charge in [-0.15, -0.1) is 0 Å². The molecule has 18 heavy (non-hydrogen) atoms. The van der Waals surface area contributed by atoms with Crippen LogP contribution in [-0.4, -0.2) is 34.7 Å². The standard InChI is InChI=1S/C13H20N2O2S/c16-10-13(6-1-2-7-13)14-11(17)15(10)8-12(9-18)4-3-5-12/h18H,1-9H2,(H,14,17). The van der Waals surface area contributed by atoms with Gasteiger partial charge in [-0.05, 0) is 36.9 Å². The van der Waals surface area contributed by atoms with E-state index in [0.717, 1.165) is 44.3 Å². The molecule has 3 aliphatic rings. The summed E-state index contributed by atoms with van der Waals surface area (Å²) in [6, 6.07) is -0.185. The Morgan fingerprint density at radius 1 is 1.11 bits per heavy atom. The molecule has 1 spiro atoms. The number of nitrogens with one attached hydrogen (secondary N) is 1. The minimum Gasteiger partial charge on any atom is -0.323 e. The number of nitrogens with zero attached hydrogens (tertiary/aromatic N) is 1. The highest BCUT2D eigenvalue weighted by molar-refractivity contribution is 7.80. The van der Waals surface area contributed by atoms with E-state index in [1.54, 1.807) is 0 Å². The van der Waals surface area contributed by atoms with Crippen molar-refractivity contribution in [3.05, 3.63) is 0 Å². The van der Waals surface area contributed by atoms with Crippen molar-refractivity contribution in [2.75, 3.05) is 12.3 Å². The van der Waals surface area contributed by atoms with Crippen molar-refractivity contribution in [2.45, 2.75) is 50.5 Å². The van der Waals surface area contributed by atoms with Crippen LogP contribution < -0.4 is 5.32 Å². The summed E-state index contributed by atoms with van der Waals surface area (Å²) in [6.45, 7) is 0.558. The maximum Gasteiger partial charge on any atom is 0.325 e. The molecule has 5 heteroatoms. The number of amides is 3. The molecule has 0 atom stereocenters. The predicted octanol–water partition coefficient (Wildman–Crippen LogP) is 1.95. The number of thiol groups is 1. The summed E-state index contributed by atoms with van der Waals surface area (Å²) in [7, 11) is 0. The molecule has 1 N–H and O–H groups in total. The van der Waals surface area contributed by atoms with Gasteiger partial charge in [0, 0.05) is 6.54 Å². The number of carbonyl (C=O) groups excluding carboxylic acids is 2. The Bertz CT molecular complexity index is 381. The van der Waals surface area contributed by atoms with E-state index in [2.05, 4.69) is 17.9 Å². The molecule has 0 aromatic heterocycles. The van der Waals surface area contributed by atoms with Gasteiger partial charge in [-0.1, -0.05) is 19.3 Å². The van der Waals surface area contributed by atoms with Crippen LogP contribution in [0.3, 0.4) is 0 Å². The Morgan fingerprint density at radius 2 is 1.78 bits per heavy atom. The second-order valence-electron chi connectivity index (χ2n) is 6.12. The summed E-state index contributed by atoms with van der Waals surface area (Å²) < 4.78 is 0. The summed E-state index contributed by atoms with van der Waals surface area (Å²) in [4.78, 5) is 26.0. The summed E-state index contributed by atoms with van der Waals surface area (Å²) in [5.74, 6) is 0.773. The molecule has 3 amide bonds. The highest BCUT2D eigenvalue weighted by Gasteiger charge is 2.54. The normalized spacial score (nSPS) is 28.6. The van der Waals surface area contributed by atoms with E-state index < -0.39 is 5.54 Å². The zero-order valence-corrected chi connectivity index (χ0v) is 11.5. The van der Waals surface area contributed by atoms with E-state index in [1.165, 1.54) is 11.3 Å². The highest BCUT2D eigenvalue weighted by atomic mass is 32.1. The smallest absolute Gasteiger partial charge is 0.323 e. The van der Waals surface area contributed by atoms with Crippen molar-refractivity contribution in [1.82, 2.24) is 10.2 Å². The van der Waals surface area contributed by atoms with Gasteiger partial charge in [0.1, 0.15) is 5.54 Å². The quantitative estimate of drug-likeness (QED) is 0.607. The third-order valence-corrected chi connectivity index (χ3v) is 5.62. The van der Waals surface area contributed by atoms with Crippen molar-refractivity contribution >= 4 is 24.6 Å². The van der Waals surface area contributed by atoms with Crippen molar-refractivity contribution in [3.8, 4) is 0 Å². The van der Waals surface area contributed by atoms with E-state index >= 15 is 0 Å². The first-order valence-corrected chi connectivity index (χ1v) is 7.49. The lowest BCUT2D eigenvalue weighted by molar-refractivity contribution is -0.132. The lowest BCUT2D eigenvalue weighted by Gasteiger charge is -2.42. The molecule has 0 aromatic rings. The fourth-order valence-electron chi connectivity index (χ4n) is 3.52. The maximum atomic E-state index is 12.5. The van der Waals surface area contributed by atoms with Crippen LogP contribution in [0.15, 0.2) is 0 Å². The average molecular weight is 268 g/mol. The van der Waals surface area contributed by atoms with Crippen LogP contribution in [0, 0.1) is 5.41 Å². The molecular formula is C13H20N2O2S.